The predicted octanol–water partition coefficient (Wildman–Crippen LogP) is 2.85. The van der Waals surface area contributed by atoms with E-state index in [-0.39, 0.29) is 5.97 Å². The maximum Gasteiger partial charge on any atom is 0.330 e. The minimum absolute atomic E-state index is 0.271. The summed E-state index contributed by atoms with van der Waals surface area (Å²) in [4.78, 5) is 10.8. The molecule has 74 valence electrons. The lowest BCUT2D eigenvalue weighted by molar-refractivity contribution is -0.134. The molecule has 0 aromatic carbocycles. The highest BCUT2D eigenvalue weighted by atomic mass is 16.5. The van der Waals surface area contributed by atoms with Crippen molar-refractivity contribution in [2.45, 2.75) is 33.1 Å². The third-order valence-corrected chi connectivity index (χ3v) is 1.74. The molecule has 0 spiro atoms. The van der Waals surface area contributed by atoms with Gasteiger partial charge < -0.3 is 4.74 Å². The first kappa shape index (κ1) is 11.9. The van der Waals surface area contributed by atoms with E-state index in [0.717, 1.165) is 24.8 Å². The molecule has 13 heavy (non-hydrogen) atoms. The van der Waals surface area contributed by atoms with Gasteiger partial charge in [-0.15, -0.1) is 6.58 Å². The Morgan fingerprint density at radius 2 is 2.00 bits per heavy atom. The van der Waals surface area contributed by atoms with Crippen LogP contribution in [0.5, 0.6) is 0 Å². The van der Waals surface area contributed by atoms with E-state index in [1.165, 1.54) is 12.7 Å². The Balaban J connectivity index is 3.73. The number of ether oxygens (including phenoxy) is 1. The predicted molar refractivity (Wildman–Crippen MR) is 54.4 cm³/mol. The zero-order chi connectivity index (χ0) is 10.3. The summed E-state index contributed by atoms with van der Waals surface area (Å²) in [5.41, 5.74) is 2.25. The van der Waals surface area contributed by atoms with Gasteiger partial charge in [-0.05, 0) is 33.1 Å². The molecule has 0 radical (unpaired) electrons. The number of esters is 1. The van der Waals surface area contributed by atoms with Crippen molar-refractivity contribution >= 4 is 5.97 Å². The van der Waals surface area contributed by atoms with E-state index in [1.54, 1.807) is 6.08 Å². The molecule has 0 saturated carbocycles. The van der Waals surface area contributed by atoms with Gasteiger partial charge in [-0.3, -0.25) is 0 Å². The Morgan fingerprint density at radius 3 is 2.46 bits per heavy atom. The Morgan fingerprint density at radius 1 is 1.38 bits per heavy atom. The van der Waals surface area contributed by atoms with Crippen LogP contribution in [0.3, 0.4) is 0 Å². The molecule has 0 unspecified atom stereocenters. The highest BCUT2D eigenvalue weighted by Gasteiger charge is 1.96. The van der Waals surface area contributed by atoms with Gasteiger partial charge in [0.25, 0.3) is 0 Å². The van der Waals surface area contributed by atoms with Crippen molar-refractivity contribution in [2.75, 3.05) is 7.11 Å². The Hall–Kier alpha value is -1.05. The van der Waals surface area contributed by atoms with Crippen molar-refractivity contribution < 1.29 is 9.53 Å². The van der Waals surface area contributed by atoms with Gasteiger partial charge in [-0.25, -0.2) is 4.79 Å². The molecule has 0 fully saturated rings. The standard InChI is InChI=1S/C11H18O2/c1-9(2)6-5-7-10(3)8-11(12)13-4/h8H,1,5-7H2,2-4H3. The highest BCUT2D eigenvalue weighted by molar-refractivity contribution is 5.82. The van der Waals surface area contributed by atoms with Gasteiger partial charge in [0.15, 0.2) is 0 Å². The van der Waals surface area contributed by atoms with Crippen LogP contribution in [-0.2, 0) is 9.53 Å². The number of hydrogen-bond donors (Lipinski definition) is 0. The summed E-state index contributed by atoms with van der Waals surface area (Å²) in [6.45, 7) is 7.77. The summed E-state index contributed by atoms with van der Waals surface area (Å²) in [7, 11) is 1.39. The third-order valence-electron chi connectivity index (χ3n) is 1.74. The summed E-state index contributed by atoms with van der Waals surface area (Å²) in [6, 6.07) is 0. The molecule has 0 aromatic heterocycles. The van der Waals surface area contributed by atoms with Gasteiger partial charge >= 0.3 is 5.97 Å². The van der Waals surface area contributed by atoms with Crippen molar-refractivity contribution in [3.63, 3.8) is 0 Å². The number of carbonyl (C=O) groups is 1. The average Bonchev–Trinajstić information content (AvgIpc) is 2.03. The molecular formula is C11H18O2. The fourth-order valence-corrected chi connectivity index (χ4v) is 1.00. The van der Waals surface area contributed by atoms with Gasteiger partial charge in [-0.1, -0.05) is 11.1 Å². The van der Waals surface area contributed by atoms with Crippen LogP contribution in [0.25, 0.3) is 0 Å². The lowest BCUT2D eigenvalue weighted by atomic mass is 10.1. The van der Waals surface area contributed by atoms with Crippen LogP contribution >= 0.6 is 0 Å². The van der Waals surface area contributed by atoms with E-state index in [4.69, 9.17) is 0 Å². The molecule has 0 aliphatic rings. The molecule has 0 N–H and O–H groups in total. The Labute approximate surface area is 80.3 Å². The van der Waals surface area contributed by atoms with E-state index in [0.29, 0.717) is 0 Å². The normalized spacial score (nSPS) is 11.2. The molecule has 0 aliphatic heterocycles. The quantitative estimate of drug-likeness (QED) is 0.371. The highest BCUT2D eigenvalue weighted by Crippen LogP contribution is 2.10. The zero-order valence-corrected chi connectivity index (χ0v) is 8.72. The van der Waals surface area contributed by atoms with Crippen LogP contribution in [-0.4, -0.2) is 13.1 Å². The third kappa shape index (κ3) is 7.32. The first-order valence-electron chi connectivity index (χ1n) is 4.45. The van der Waals surface area contributed by atoms with Gasteiger partial charge in [-0.2, -0.15) is 0 Å². The van der Waals surface area contributed by atoms with Crippen LogP contribution in [0, 0.1) is 0 Å². The van der Waals surface area contributed by atoms with Crippen LogP contribution in [0.2, 0.25) is 0 Å². The lowest BCUT2D eigenvalue weighted by Crippen LogP contribution is -1.95. The molecule has 2 nitrogen and oxygen atoms in total. The Bertz CT molecular complexity index is 214. The largest absolute Gasteiger partial charge is 0.466 e. The Kier molecular flexibility index (Phi) is 5.94. The van der Waals surface area contributed by atoms with Crippen molar-refractivity contribution in [1.82, 2.24) is 0 Å². The van der Waals surface area contributed by atoms with Crippen LogP contribution < -0.4 is 0 Å². The van der Waals surface area contributed by atoms with E-state index in [1.807, 2.05) is 13.8 Å². The van der Waals surface area contributed by atoms with Crippen molar-refractivity contribution in [1.29, 1.82) is 0 Å². The van der Waals surface area contributed by atoms with E-state index in [9.17, 15) is 4.79 Å². The topological polar surface area (TPSA) is 26.3 Å². The molecule has 0 amide bonds. The number of carbonyl (C=O) groups excluding carboxylic acids is 1. The van der Waals surface area contributed by atoms with Crippen LogP contribution in [0.4, 0.5) is 0 Å². The number of methoxy groups -OCH3 is 1. The van der Waals surface area contributed by atoms with Crippen molar-refractivity contribution in [2.24, 2.45) is 0 Å². The number of rotatable bonds is 5. The van der Waals surface area contributed by atoms with Crippen molar-refractivity contribution in [3.8, 4) is 0 Å². The fourth-order valence-electron chi connectivity index (χ4n) is 1.00. The second kappa shape index (κ2) is 6.46. The molecule has 0 saturated heterocycles. The minimum Gasteiger partial charge on any atom is -0.466 e. The molecule has 0 rings (SSSR count). The molecule has 0 atom stereocenters. The smallest absolute Gasteiger partial charge is 0.330 e. The summed E-state index contributed by atoms with van der Waals surface area (Å²) in [5.74, 6) is -0.271. The van der Waals surface area contributed by atoms with E-state index < -0.39 is 0 Å². The first-order chi connectivity index (χ1) is 6.06. The molecule has 0 heterocycles. The molecular weight excluding hydrogens is 164 g/mol. The van der Waals surface area contributed by atoms with Gasteiger partial charge in [0.2, 0.25) is 0 Å². The SMILES string of the molecule is C=C(C)CCCC(C)=CC(=O)OC. The average molecular weight is 182 g/mol. The monoisotopic (exact) mass is 182 g/mol. The minimum atomic E-state index is -0.271. The van der Waals surface area contributed by atoms with E-state index in [2.05, 4.69) is 11.3 Å². The first-order valence-corrected chi connectivity index (χ1v) is 4.45. The maximum atomic E-state index is 10.8. The summed E-state index contributed by atoms with van der Waals surface area (Å²) in [5, 5.41) is 0. The summed E-state index contributed by atoms with van der Waals surface area (Å²) >= 11 is 0. The lowest BCUT2D eigenvalue weighted by Gasteiger charge is -2.00. The van der Waals surface area contributed by atoms with Gasteiger partial charge in [0.05, 0.1) is 7.11 Å². The number of allylic oxidation sites excluding steroid dienone is 2. The molecule has 0 aromatic rings. The second-order valence-electron chi connectivity index (χ2n) is 3.32. The van der Waals surface area contributed by atoms with E-state index >= 15 is 0 Å². The zero-order valence-electron chi connectivity index (χ0n) is 8.72. The molecule has 2 heteroatoms. The van der Waals surface area contributed by atoms with Crippen molar-refractivity contribution in [3.05, 3.63) is 23.8 Å². The summed E-state index contributed by atoms with van der Waals surface area (Å²) < 4.78 is 4.52. The van der Waals surface area contributed by atoms with Gasteiger partial charge in [0.1, 0.15) is 0 Å². The van der Waals surface area contributed by atoms with Crippen LogP contribution in [0.1, 0.15) is 33.1 Å². The maximum absolute atomic E-state index is 10.8. The van der Waals surface area contributed by atoms with Crippen LogP contribution in [0.15, 0.2) is 23.8 Å². The van der Waals surface area contributed by atoms with Gasteiger partial charge in [0, 0.05) is 6.08 Å². The fraction of sp³-hybridized carbons (Fsp3) is 0.545. The molecule has 0 bridgehead atoms. The number of hydrogen-bond acceptors (Lipinski definition) is 2. The molecule has 0 aliphatic carbocycles. The summed E-state index contributed by atoms with van der Waals surface area (Å²) in [6.07, 6.45) is 4.54. The second-order valence-corrected chi connectivity index (χ2v) is 3.32.